The van der Waals surface area contributed by atoms with E-state index in [1.165, 1.54) is 5.56 Å². The molecule has 1 aromatic carbocycles. The summed E-state index contributed by atoms with van der Waals surface area (Å²) in [5.74, 6) is 1.48. The molecule has 3 nitrogen and oxygen atoms in total. The van der Waals surface area contributed by atoms with E-state index >= 15 is 0 Å². The van der Waals surface area contributed by atoms with Gasteiger partial charge in [0.05, 0.1) is 16.8 Å². The van der Waals surface area contributed by atoms with Gasteiger partial charge in [-0.3, -0.25) is 4.21 Å². The van der Waals surface area contributed by atoms with Gasteiger partial charge < -0.3 is 4.74 Å². The van der Waals surface area contributed by atoms with Gasteiger partial charge in [-0.2, -0.15) is 0 Å². The first-order chi connectivity index (χ1) is 8.56. The third-order valence-corrected chi connectivity index (χ3v) is 4.35. The van der Waals surface area contributed by atoms with Crippen molar-refractivity contribution in [3.8, 4) is 0 Å². The topological polar surface area (TPSA) is 38.7 Å². The number of rotatable bonds is 4. The van der Waals surface area contributed by atoms with Crippen molar-refractivity contribution in [3.05, 3.63) is 29.8 Å². The van der Waals surface area contributed by atoms with Gasteiger partial charge in [-0.05, 0) is 25.0 Å². The highest BCUT2D eigenvalue weighted by Crippen LogP contribution is 2.16. The second kappa shape index (κ2) is 5.65. The zero-order valence-corrected chi connectivity index (χ0v) is 11.9. The van der Waals surface area contributed by atoms with Crippen LogP contribution in [0.2, 0.25) is 0 Å². The number of nitrogens with zero attached hydrogens (tertiary/aromatic N) is 1. The maximum absolute atomic E-state index is 12.1. The molecule has 0 saturated heterocycles. The van der Waals surface area contributed by atoms with E-state index in [9.17, 15) is 4.21 Å². The third kappa shape index (κ3) is 3.19. The van der Waals surface area contributed by atoms with Crippen LogP contribution in [0, 0.1) is 12.8 Å². The van der Waals surface area contributed by atoms with Gasteiger partial charge in [0.2, 0.25) is 0 Å². The van der Waals surface area contributed by atoms with Crippen LogP contribution in [0.15, 0.2) is 34.2 Å². The van der Waals surface area contributed by atoms with Crippen molar-refractivity contribution in [1.82, 2.24) is 0 Å². The van der Waals surface area contributed by atoms with E-state index in [-0.39, 0.29) is 6.04 Å². The first-order valence-corrected chi connectivity index (χ1v) is 7.52. The SMILES string of the molecule is Cc1ccc(S(=O)CC2=N[C@@H](C(C)C)CO2)cc1. The Morgan fingerprint density at radius 1 is 1.39 bits per heavy atom. The Balaban J connectivity index is 2.00. The fourth-order valence-corrected chi connectivity index (χ4v) is 2.74. The molecule has 1 heterocycles. The third-order valence-electron chi connectivity index (χ3n) is 3.04. The van der Waals surface area contributed by atoms with Crippen molar-refractivity contribution in [2.24, 2.45) is 10.9 Å². The zero-order valence-electron chi connectivity index (χ0n) is 11.1. The van der Waals surface area contributed by atoms with E-state index in [2.05, 4.69) is 18.8 Å². The molecule has 1 unspecified atom stereocenters. The zero-order chi connectivity index (χ0) is 13.1. The van der Waals surface area contributed by atoms with Gasteiger partial charge >= 0.3 is 0 Å². The van der Waals surface area contributed by atoms with Crippen LogP contribution in [0.4, 0.5) is 0 Å². The number of aryl methyl sites for hydroxylation is 1. The number of hydrogen-bond acceptors (Lipinski definition) is 3. The monoisotopic (exact) mass is 265 g/mol. The van der Waals surface area contributed by atoms with Gasteiger partial charge in [0, 0.05) is 4.90 Å². The molecule has 0 aromatic heterocycles. The molecule has 0 aliphatic carbocycles. The smallest absolute Gasteiger partial charge is 0.197 e. The minimum absolute atomic E-state index is 0.218. The average Bonchev–Trinajstić information content (AvgIpc) is 2.78. The number of ether oxygens (including phenoxy) is 1. The summed E-state index contributed by atoms with van der Waals surface area (Å²) in [4.78, 5) is 5.31. The maximum atomic E-state index is 12.1. The molecule has 0 bridgehead atoms. The number of hydrogen-bond donors (Lipinski definition) is 0. The highest BCUT2D eigenvalue weighted by atomic mass is 32.2. The molecule has 98 valence electrons. The maximum Gasteiger partial charge on any atom is 0.197 e. The van der Waals surface area contributed by atoms with Gasteiger partial charge in [-0.15, -0.1) is 0 Å². The summed E-state index contributed by atoms with van der Waals surface area (Å²) in [5, 5.41) is 0. The van der Waals surface area contributed by atoms with Crippen LogP contribution >= 0.6 is 0 Å². The predicted octanol–water partition coefficient (Wildman–Crippen LogP) is 2.56. The molecular formula is C14H19NO2S. The molecule has 2 atom stereocenters. The average molecular weight is 265 g/mol. The summed E-state index contributed by atoms with van der Waals surface area (Å²) >= 11 is 0. The molecule has 0 spiro atoms. The van der Waals surface area contributed by atoms with E-state index in [4.69, 9.17) is 4.74 Å². The quantitative estimate of drug-likeness (QED) is 0.839. The lowest BCUT2D eigenvalue weighted by Crippen LogP contribution is -2.13. The largest absolute Gasteiger partial charge is 0.478 e. The predicted molar refractivity (Wildman–Crippen MR) is 74.5 cm³/mol. The lowest BCUT2D eigenvalue weighted by atomic mass is 10.1. The highest BCUT2D eigenvalue weighted by Gasteiger charge is 2.23. The number of benzene rings is 1. The van der Waals surface area contributed by atoms with Crippen molar-refractivity contribution in [3.63, 3.8) is 0 Å². The molecule has 1 aliphatic heterocycles. The standard InChI is InChI=1S/C14H19NO2S/c1-10(2)13-8-17-14(15-13)9-18(16)12-6-4-11(3)5-7-12/h4-7,10,13H,8-9H2,1-3H3/t13-,18?/m1/s1. The van der Waals surface area contributed by atoms with E-state index in [1.54, 1.807) is 0 Å². The lowest BCUT2D eigenvalue weighted by molar-refractivity contribution is 0.290. The van der Waals surface area contributed by atoms with Gasteiger partial charge in [0.15, 0.2) is 5.90 Å². The Hall–Kier alpha value is -1.16. The molecule has 4 heteroatoms. The molecule has 0 amide bonds. The van der Waals surface area contributed by atoms with Crippen LogP contribution in [0.1, 0.15) is 19.4 Å². The van der Waals surface area contributed by atoms with Crippen LogP contribution in [-0.2, 0) is 15.5 Å². The Kier molecular flexibility index (Phi) is 4.17. The summed E-state index contributed by atoms with van der Waals surface area (Å²) in [6.45, 7) is 6.89. The lowest BCUT2D eigenvalue weighted by Gasteiger charge is -2.06. The minimum Gasteiger partial charge on any atom is -0.478 e. The van der Waals surface area contributed by atoms with E-state index < -0.39 is 10.8 Å². The van der Waals surface area contributed by atoms with E-state index in [0.717, 1.165) is 4.90 Å². The van der Waals surface area contributed by atoms with Crippen LogP contribution in [-0.4, -0.2) is 28.5 Å². The Labute approximate surface area is 111 Å². The van der Waals surface area contributed by atoms with Crippen molar-refractivity contribution < 1.29 is 8.95 Å². The van der Waals surface area contributed by atoms with E-state index in [1.807, 2.05) is 31.2 Å². The van der Waals surface area contributed by atoms with Crippen molar-refractivity contribution >= 4 is 16.7 Å². The van der Waals surface area contributed by atoms with Crippen molar-refractivity contribution in [1.29, 1.82) is 0 Å². The van der Waals surface area contributed by atoms with Crippen molar-refractivity contribution in [2.75, 3.05) is 12.4 Å². The second-order valence-corrected chi connectivity index (χ2v) is 6.40. The number of aliphatic imine (C=N–C) groups is 1. The van der Waals surface area contributed by atoms with Crippen LogP contribution in [0.5, 0.6) is 0 Å². The van der Waals surface area contributed by atoms with E-state index in [0.29, 0.717) is 24.2 Å². The molecule has 0 radical (unpaired) electrons. The molecule has 1 aromatic rings. The molecule has 0 saturated carbocycles. The second-order valence-electron chi connectivity index (χ2n) is 4.95. The summed E-state index contributed by atoms with van der Waals surface area (Å²) in [6.07, 6.45) is 0. The van der Waals surface area contributed by atoms with Gasteiger partial charge in [-0.1, -0.05) is 31.5 Å². The Morgan fingerprint density at radius 2 is 2.06 bits per heavy atom. The Bertz CT molecular complexity index is 465. The molecule has 2 rings (SSSR count). The van der Waals surface area contributed by atoms with Gasteiger partial charge in [-0.25, -0.2) is 4.99 Å². The fraction of sp³-hybridized carbons (Fsp3) is 0.500. The summed E-state index contributed by atoms with van der Waals surface area (Å²) in [5.41, 5.74) is 1.17. The van der Waals surface area contributed by atoms with Gasteiger partial charge in [0.1, 0.15) is 12.4 Å². The summed E-state index contributed by atoms with van der Waals surface area (Å²) in [7, 11) is -1.07. The van der Waals surface area contributed by atoms with Crippen LogP contribution in [0.25, 0.3) is 0 Å². The first kappa shape index (κ1) is 13.3. The molecule has 0 fully saturated rings. The molecular weight excluding hydrogens is 246 g/mol. The molecule has 18 heavy (non-hydrogen) atoms. The molecule has 0 N–H and O–H groups in total. The summed E-state index contributed by atoms with van der Waals surface area (Å²) < 4.78 is 17.6. The van der Waals surface area contributed by atoms with Crippen molar-refractivity contribution in [2.45, 2.75) is 31.7 Å². The summed E-state index contributed by atoms with van der Waals surface area (Å²) in [6, 6.07) is 7.97. The molecule has 1 aliphatic rings. The normalized spacial score (nSPS) is 20.7. The fourth-order valence-electron chi connectivity index (χ4n) is 1.75. The minimum atomic E-state index is -1.07. The van der Waals surface area contributed by atoms with Gasteiger partial charge in [0.25, 0.3) is 0 Å². The first-order valence-electron chi connectivity index (χ1n) is 6.21. The van der Waals surface area contributed by atoms with Crippen LogP contribution in [0.3, 0.4) is 0 Å². The van der Waals surface area contributed by atoms with Crippen LogP contribution < -0.4 is 0 Å². The Morgan fingerprint density at radius 3 is 2.61 bits per heavy atom. The highest BCUT2D eigenvalue weighted by molar-refractivity contribution is 7.85.